The largest absolute Gasteiger partial charge is 0.369 e. The van der Waals surface area contributed by atoms with Gasteiger partial charge in [0.05, 0.1) is 11.6 Å². The van der Waals surface area contributed by atoms with Gasteiger partial charge in [0.2, 0.25) is 17.8 Å². The van der Waals surface area contributed by atoms with Crippen molar-refractivity contribution >= 4 is 17.8 Å². The Bertz CT molecular complexity index is 957. The summed E-state index contributed by atoms with van der Waals surface area (Å²) < 4.78 is 0. The highest BCUT2D eigenvalue weighted by molar-refractivity contribution is 5.81. The van der Waals surface area contributed by atoms with Crippen molar-refractivity contribution in [2.75, 3.05) is 38.1 Å². The van der Waals surface area contributed by atoms with E-state index in [4.69, 9.17) is 10.7 Å². The summed E-state index contributed by atoms with van der Waals surface area (Å²) in [5.41, 5.74) is 8.86. The van der Waals surface area contributed by atoms with Crippen LogP contribution in [0.15, 0.2) is 36.5 Å². The molecule has 2 aromatic rings. The number of benzene rings is 1. The first-order valence-corrected chi connectivity index (χ1v) is 11.3. The fourth-order valence-corrected chi connectivity index (χ4v) is 4.74. The maximum absolute atomic E-state index is 11.9. The molecule has 1 aromatic carbocycles. The van der Waals surface area contributed by atoms with Gasteiger partial charge in [-0.3, -0.25) is 14.5 Å². The number of carbonyl (C=O) groups excluding carboxylic acids is 2. The van der Waals surface area contributed by atoms with E-state index in [1.165, 1.54) is 25.3 Å². The Balaban J connectivity index is 1.38. The van der Waals surface area contributed by atoms with Crippen LogP contribution in [0.2, 0.25) is 0 Å². The summed E-state index contributed by atoms with van der Waals surface area (Å²) in [6.07, 6.45) is 4.26. The molecule has 32 heavy (non-hydrogen) atoms. The highest BCUT2D eigenvalue weighted by Crippen LogP contribution is 2.33. The third kappa shape index (κ3) is 5.07. The number of amides is 2. The van der Waals surface area contributed by atoms with Crippen LogP contribution < -0.4 is 10.6 Å². The molecule has 1 aromatic heterocycles. The molecule has 2 saturated heterocycles. The van der Waals surface area contributed by atoms with Crippen molar-refractivity contribution < 1.29 is 9.59 Å². The van der Waals surface area contributed by atoms with E-state index in [2.05, 4.69) is 46.1 Å². The predicted octanol–water partition coefficient (Wildman–Crippen LogP) is 1.76. The average Bonchev–Trinajstić information content (AvgIpc) is 3.45. The third-order valence-corrected chi connectivity index (χ3v) is 6.51. The van der Waals surface area contributed by atoms with Crippen molar-refractivity contribution in [1.29, 1.82) is 0 Å². The van der Waals surface area contributed by atoms with Gasteiger partial charge in [0.25, 0.3) is 0 Å². The van der Waals surface area contributed by atoms with Gasteiger partial charge < -0.3 is 15.5 Å². The summed E-state index contributed by atoms with van der Waals surface area (Å²) in [6.45, 7) is 6.07. The smallest absolute Gasteiger partial charge is 0.225 e. The maximum atomic E-state index is 11.9. The number of nitrogens with two attached hydrogens (primary N) is 1. The van der Waals surface area contributed by atoms with Crippen LogP contribution in [0, 0.1) is 5.92 Å². The molecule has 8 nitrogen and oxygen atoms in total. The van der Waals surface area contributed by atoms with Gasteiger partial charge in [-0.2, -0.15) is 0 Å². The summed E-state index contributed by atoms with van der Waals surface area (Å²) in [6, 6.07) is 10.3. The minimum atomic E-state index is -0.347. The van der Waals surface area contributed by atoms with Crippen LogP contribution in [0.1, 0.15) is 42.5 Å². The van der Waals surface area contributed by atoms with Crippen LogP contribution in [0.3, 0.4) is 0 Å². The Labute approximate surface area is 189 Å². The molecule has 2 fully saturated rings. The van der Waals surface area contributed by atoms with Gasteiger partial charge in [-0.1, -0.05) is 24.3 Å². The average molecular weight is 437 g/mol. The Morgan fingerprint density at radius 3 is 2.47 bits per heavy atom. The number of rotatable bonds is 7. The minimum Gasteiger partial charge on any atom is -0.369 e. The predicted molar refractivity (Wildman–Crippen MR) is 123 cm³/mol. The maximum Gasteiger partial charge on any atom is 0.225 e. The lowest BCUT2D eigenvalue weighted by molar-refractivity contribution is -0.128. The molecule has 0 radical (unpaired) electrons. The zero-order valence-corrected chi connectivity index (χ0v) is 18.9. The number of carbonyl (C=O) groups is 2. The van der Waals surface area contributed by atoms with Crippen LogP contribution >= 0.6 is 0 Å². The monoisotopic (exact) mass is 436 g/mol. The van der Waals surface area contributed by atoms with Crippen molar-refractivity contribution in [3.05, 3.63) is 53.3 Å². The van der Waals surface area contributed by atoms with Gasteiger partial charge in [0.1, 0.15) is 0 Å². The molecule has 3 heterocycles. The summed E-state index contributed by atoms with van der Waals surface area (Å²) in [7, 11) is 2.08. The lowest BCUT2D eigenvalue weighted by Crippen LogP contribution is -2.30. The van der Waals surface area contributed by atoms with Crippen molar-refractivity contribution in [2.24, 2.45) is 11.7 Å². The SMILES string of the molecule is CC(=O)N1C[C@H](C(N)=O)[C@@H](c2ccc(CN(C)Cc3ccnc(N4CCCC4)n3)cc2)C1. The van der Waals surface area contributed by atoms with E-state index in [9.17, 15) is 9.59 Å². The molecule has 0 spiro atoms. The summed E-state index contributed by atoms with van der Waals surface area (Å²) in [4.78, 5) is 39.0. The van der Waals surface area contributed by atoms with Crippen LogP contribution in [0.25, 0.3) is 0 Å². The second-order valence-corrected chi connectivity index (χ2v) is 9.00. The number of likely N-dealkylation sites (tertiary alicyclic amines) is 1. The molecule has 0 unspecified atom stereocenters. The summed E-state index contributed by atoms with van der Waals surface area (Å²) in [5.74, 6) is 0.0800. The second kappa shape index (κ2) is 9.65. The standard InChI is InChI=1S/C24H32N6O2/c1-17(31)30-15-21(22(16-30)23(25)32)19-7-5-18(6-8-19)13-28(2)14-20-9-10-26-24(27-20)29-11-3-4-12-29/h5-10,21-22H,3-4,11-16H2,1-2H3,(H2,25,32)/t21-,22+/m1/s1. The zero-order valence-electron chi connectivity index (χ0n) is 18.9. The quantitative estimate of drug-likeness (QED) is 0.711. The van der Waals surface area contributed by atoms with Gasteiger partial charge in [-0.15, -0.1) is 0 Å². The molecule has 2 atom stereocenters. The molecule has 2 aliphatic rings. The number of nitrogens with zero attached hydrogens (tertiary/aromatic N) is 5. The molecule has 0 saturated carbocycles. The van der Waals surface area contributed by atoms with Gasteiger partial charge in [0.15, 0.2) is 0 Å². The number of aromatic nitrogens is 2. The highest BCUT2D eigenvalue weighted by Gasteiger charge is 2.38. The third-order valence-electron chi connectivity index (χ3n) is 6.51. The number of primary amides is 1. The van der Waals surface area contributed by atoms with E-state index >= 15 is 0 Å². The minimum absolute atomic E-state index is 0.0189. The van der Waals surface area contributed by atoms with Crippen LogP contribution in [-0.4, -0.2) is 64.8 Å². The first-order valence-electron chi connectivity index (χ1n) is 11.3. The second-order valence-electron chi connectivity index (χ2n) is 9.00. The van der Waals surface area contributed by atoms with E-state index < -0.39 is 0 Å². The van der Waals surface area contributed by atoms with Crippen molar-refractivity contribution in [2.45, 2.75) is 38.8 Å². The number of anilines is 1. The van der Waals surface area contributed by atoms with Crippen molar-refractivity contribution in [3.63, 3.8) is 0 Å². The highest BCUT2D eigenvalue weighted by atomic mass is 16.2. The molecule has 2 N–H and O–H groups in total. The van der Waals surface area contributed by atoms with E-state index in [-0.39, 0.29) is 23.7 Å². The molecular formula is C24H32N6O2. The summed E-state index contributed by atoms with van der Waals surface area (Å²) >= 11 is 0. The fraction of sp³-hybridized carbons (Fsp3) is 0.500. The molecule has 170 valence electrons. The molecule has 2 amide bonds. The topological polar surface area (TPSA) is 95.7 Å². The first kappa shape index (κ1) is 22.2. The Hall–Kier alpha value is -3.00. The molecule has 0 aliphatic carbocycles. The van der Waals surface area contributed by atoms with Gasteiger partial charge in [-0.05, 0) is 37.1 Å². The number of hydrogen-bond acceptors (Lipinski definition) is 6. The molecule has 2 aliphatic heterocycles. The van der Waals surface area contributed by atoms with Crippen LogP contribution in [0.5, 0.6) is 0 Å². The lowest BCUT2D eigenvalue weighted by atomic mass is 9.88. The zero-order chi connectivity index (χ0) is 22.7. The molecular weight excluding hydrogens is 404 g/mol. The Morgan fingerprint density at radius 1 is 1.09 bits per heavy atom. The van der Waals surface area contributed by atoms with Crippen LogP contribution in [-0.2, 0) is 22.7 Å². The molecule has 8 heteroatoms. The van der Waals surface area contributed by atoms with Crippen molar-refractivity contribution in [1.82, 2.24) is 19.8 Å². The lowest BCUT2D eigenvalue weighted by Gasteiger charge is -2.20. The van der Waals surface area contributed by atoms with Crippen LogP contribution in [0.4, 0.5) is 5.95 Å². The normalized spacial score (nSPS) is 20.8. The number of hydrogen-bond donors (Lipinski definition) is 1. The van der Waals surface area contributed by atoms with E-state index in [0.29, 0.717) is 13.1 Å². The van der Waals surface area contributed by atoms with E-state index in [0.717, 1.165) is 43.4 Å². The van der Waals surface area contributed by atoms with Gasteiger partial charge >= 0.3 is 0 Å². The Kier molecular flexibility index (Phi) is 6.69. The molecule has 0 bridgehead atoms. The Morgan fingerprint density at radius 2 is 1.81 bits per heavy atom. The first-order chi connectivity index (χ1) is 15.4. The van der Waals surface area contributed by atoms with E-state index in [1.54, 1.807) is 4.90 Å². The van der Waals surface area contributed by atoms with Crippen molar-refractivity contribution in [3.8, 4) is 0 Å². The van der Waals surface area contributed by atoms with Gasteiger partial charge in [-0.25, -0.2) is 9.97 Å². The molecule has 4 rings (SSSR count). The van der Waals surface area contributed by atoms with Gasteiger partial charge in [0, 0.05) is 58.3 Å². The summed E-state index contributed by atoms with van der Waals surface area (Å²) in [5, 5.41) is 0. The van der Waals surface area contributed by atoms with E-state index in [1.807, 2.05) is 12.3 Å². The fourth-order valence-electron chi connectivity index (χ4n) is 4.74.